The summed E-state index contributed by atoms with van der Waals surface area (Å²) in [7, 11) is -3.74. The van der Waals surface area contributed by atoms with Gasteiger partial charge in [-0.1, -0.05) is 42.8 Å². The number of amides is 6. The number of rotatable bonds is 21. The summed E-state index contributed by atoms with van der Waals surface area (Å²) in [6.07, 6.45) is 13.3. The van der Waals surface area contributed by atoms with Crippen molar-refractivity contribution in [1.82, 2.24) is 63.7 Å². The van der Waals surface area contributed by atoms with Crippen LogP contribution in [0.1, 0.15) is 187 Å². The zero-order valence-electron chi connectivity index (χ0n) is 68.1. The summed E-state index contributed by atoms with van der Waals surface area (Å²) < 4.78 is 120. The number of fused-ring (bicyclic) bond motifs is 3. The maximum atomic E-state index is 17.2. The van der Waals surface area contributed by atoms with E-state index in [1.54, 1.807) is 16.3 Å². The number of benzene rings is 5. The molecule has 3 aromatic heterocycles. The number of halogens is 3. The van der Waals surface area contributed by atoms with E-state index < -0.39 is 99.7 Å². The smallest absolute Gasteiger partial charge is 0.301 e. The number of aryl methyl sites for hydroxylation is 2. The van der Waals surface area contributed by atoms with Crippen LogP contribution in [0.3, 0.4) is 0 Å². The summed E-state index contributed by atoms with van der Waals surface area (Å²) in [5.41, 5.74) is 3.05. The van der Waals surface area contributed by atoms with Crippen LogP contribution < -0.4 is 35.1 Å². The standard InChI is InChI=1S/C86H99ClF2N16O14S2/c1-5-98(2)121(115,116)96-68-17-15-65(88)81(76(68)87)119-71-42-66(89)80(118-57-9-16-67-63(41-57)84(112)105(49-91-67)56-44-86(117-48-56)28-36-104(37-29-86)75(109)47-102-32-23-51(24-33-102)54-8-12-60-70(40-54)100(4)95-78(60)62-14-19-73(107)93-83(62)111)64(45-90)79(71)97-120(113,114)58-10-6-52(38-58)55-20-25-85(43-55)26-34-103(35-27-85)74(108)46-101-30-21-50(22-31-101)53-7-11-59-69(39-53)99(3)94-77(59)61-13-18-72(106)92-82(61)110/h7-9,11-12,15-17,39-42,49-52,55-56,58,61-62,96-97H,5-6,10,13-14,18-38,43-44,46-48H2,1-4H3,(H,92,106,110)(H,93,107,111)/t52?,55-,56+,58?,61?,62?/m0/s1. The topological polar surface area (TPSA) is 357 Å². The molecule has 30 nitrogen and oxygen atoms in total. The molecule has 2 saturated carbocycles. The van der Waals surface area contributed by atoms with Crippen LogP contribution in [0.15, 0.2) is 83.9 Å². The molecule has 8 aromatic rings. The SMILES string of the molecule is CCN(C)S(=O)(=O)Nc1ccc(F)c(Oc2cc(F)c(Oc3ccc4ncn([C@H]5COC6(CCN(C(=O)CN7CCC(c8ccc9c(C%10CCC(=O)NC%10=O)nn(C)c9c8)CC7)CC6)C5)c(=O)c4c3)c(C#N)c2NS(=O)(=O)C2CCC([C@H]3CCC4(CCN(C(=O)CN5CCC(c6ccc7c(C8CCC(=O)NC8=O)nn(C)c7c6)CC5)CC4)C3)C2)c1Cl. The highest BCUT2D eigenvalue weighted by molar-refractivity contribution is 7.93. The molecule has 4 N–H and O–H groups in total. The fourth-order valence-corrected chi connectivity index (χ4v) is 23.3. The Morgan fingerprint density at radius 3 is 1.82 bits per heavy atom. The van der Waals surface area contributed by atoms with Crippen molar-refractivity contribution in [1.29, 1.82) is 5.26 Å². The first-order valence-electron chi connectivity index (χ1n) is 42.1. The molecule has 7 aliphatic heterocycles. The average molecular weight is 1720 g/mol. The van der Waals surface area contributed by atoms with E-state index in [9.17, 15) is 47.2 Å². The minimum absolute atomic E-state index is 0.00303. The maximum absolute atomic E-state index is 17.2. The van der Waals surface area contributed by atoms with E-state index in [4.69, 9.17) is 36.0 Å². The Labute approximate surface area is 704 Å². The van der Waals surface area contributed by atoms with Gasteiger partial charge in [-0.25, -0.2) is 22.2 Å². The molecule has 10 heterocycles. The van der Waals surface area contributed by atoms with E-state index in [-0.39, 0.29) is 126 Å². The normalized spacial score (nSPS) is 23.4. The molecule has 2 aliphatic carbocycles. The Kier molecular flexibility index (Phi) is 22.9. The first-order chi connectivity index (χ1) is 58.0. The second-order valence-electron chi connectivity index (χ2n) is 34.8. The Hall–Kier alpha value is -10.0. The lowest BCUT2D eigenvalue weighted by Gasteiger charge is -2.41. The molecule has 17 rings (SSSR count). The number of imide groups is 2. The van der Waals surface area contributed by atoms with E-state index in [0.717, 1.165) is 122 Å². The highest BCUT2D eigenvalue weighted by Crippen LogP contribution is 2.55. The molecule has 7 saturated heterocycles. The van der Waals surface area contributed by atoms with E-state index in [1.807, 2.05) is 42.1 Å². The summed E-state index contributed by atoms with van der Waals surface area (Å²) in [4.78, 5) is 105. The third-order valence-corrected chi connectivity index (χ3v) is 31.5. The number of carbonyl (C=O) groups is 6. The Bertz CT molecular complexity index is 5850. The van der Waals surface area contributed by atoms with Crippen molar-refractivity contribution in [3.8, 4) is 29.1 Å². The zero-order valence-corrected chi connectivity index (χ0v) is 70.5. The molecular weight excluding hydrogens is 1620 g/mol. The molecule has 5 aromatic carbocycles. The van der Waals surface area contributed by atoms with E-state index in [2.05, 4.69) is 59.1 Å². The molecule has 4 unspecified atom stereocenters. The van der Waals surface area contributed by atoms with Crippen molar-refractivity contribution in [2.45, 2.75) is 169 Å². The van der Waals surface area contributed by atoms with Crippen LogP contribution in [-0.4, -0.2) is 202 Å². The summed E-state index contributed by atoms with van der Waals surface area (Å²) in [5.74, 6) is -6.13. The fourth-order valence-electron chi connectivity index (χ4n) is 20.5. The number of likely N-dealkylation sites (tertiary alicyclic amines) is 4. The number of nitrogens with zero attached hydrogens (tertiary/aromatic N) is 12. The number of hydrogen-bond donors (Lipinski definition) is 4. The van der Waals surface area contributed by atoms with Gasteiger partial charge < -0.3 is 24.0 Å². The maximum Gasteiger partial charge on any atom is 0.301 e. The van der Waals surface area contributed by atoms with Crippen molar-refractivity contribution in [2.24, 2.45) is 31.3 Å². The van der Waals surface area contributed by atoms with Crippen LogP contribution in [0.25, 0.3) is 32.7 Å². The Balaban J connectivity index is 0.529. The largest absolute Gasteiger partial charge is 0.453 e. The molecular formula is C86H99ClF2N16O14S2. The second kappa shape index (κ2) is 33.3. The van der Waals surface area contributed by atoms with Gasteiger partial charge in [0.1, 0.15) is 28.1 Å². The average Bonchev–Trinajstić information content (AvgIpc) is 1.59. The molecule has 9 aliphatic rings. The van der Waals surface area contributed by atoms with Crippen molar-refractivity contribution >= 4 is 111 Å². The minimum atomic E-state index is -4.52. The zero-order chi connectivity index (χ0) is 84.7. The number of sulfonamides is 1. The van der Waals surface area contributed by atoms with Gasteiger partial charge in [-0.2, -0.15) is 28.2 Å². The van der Waals surface area contributed by atoms with Gasteiger partial charge >= 0.3 is 10.2 Å². The lowest BCUT2D eigenvalue weighted by atomic mass is 9.75. The first-order valence-corrected chi connectivity index (χ1v) is 45.5. The number of piperidine rings is 6. The van der Waals surface area contributed by atoms with Crippen LogP contribution in [0, 0.1) is 40.2 Å². The number of ether oxygens (including phenoxy) is 3. The Morgan fingerprint density at radius 2 is 1.25 bits per heavy atom. The van der Waals surface area contributed by atoms with E-state index in [0.29, 0.717) is 94.6 Å². The van der Waals surface area contributed by atoms with Gasteiger partial charge in [0.2, 0.25) is 45.5 Å². The first kappa shape index (κ1) is 83.3. The van der Waals surface area contributed by atoms with Gasteiger partial charge in [-0.05, 0) is 218 Å². The fraction of sp³-hybridized carbons (Fsp3) is 0.523. The summed E-state index contributed by atoms with van der Waals surface area (Å²) in [6, 6.07) is 20.8. The number of nitrogens with one attached hydrogen (secondary N) is 4. The van der Waals surface area contributed by atoms with Crippen LogP contribution in [-0.2, 0) is 67.8 Å². The van der Waals surface area contributed by atoms with Gasteiger partial charge in [0.25, 0.3) is 5.56 Å². The third-order valence-electron chi connectivity index (χ3n) is 27.7. The lowest BCUT2D eigenvalue weighted by molar-refractivity contribution is -0.138. The second-order valence-corrected chi connectivity index (χ2v) is 38.9. The number of aromatic nitrogens is 6. The molecule has 35 heteroatoms. The number of anilines is 2. The summed E-state index contributed by atoms with van der Waals surface area (Å²) >= 11 is 6.71. The van der Waals surface area contributed by atoms with Crippen molar-refractivity contribution in [3.63, 3.8) is 0 Å². The quantitative estimate of drug-likeness (QED) is 0.0486. The van der Waals surface area contributed by atoms with Crippen LogP contribution >= 0.6 is 11.6 Å². The van der Waals surface area contributed by atoms with E-state index >= 15 is 17.2 Å². The minimum Gasteiger partial charge on any atom is -0.453 e. The molecule has 9 fully saturated rings. The third kappa shape index (κ3) is 16.6. The van der Waals surface area contributed by atoms with Crippen LogP contribution in [0.4, 0.5) is 20.2 Å². The van der Waals surface area contributed by atoms with Gasteiger partial charge in [0.15, 0.2) is 28.9 Å². The predicted molar refractivity (Wildman–Crippen MR) is 445 cm³/mol. The Morgan fingerprint density at radius 1 is 0.661 bits per heavy atom. The number of nitriles is 1. The predicted octanol–water partition coefficient (Wildman–Crippen LogP) is 10.6. The van der Waals surface area contributed by atoms with Gasteiger partial charge in [-0.15, -0.1) is 0 Å². The molecule has 6 atom stereocenters. The number of hydrogen-bond acceptors (Lipinski definition) is 20. The molecule has 0 radical (unpaired) electrons. The van der Waals surface area contributed by atoms with Gasteiger partial charge in [0, 0.05) is 83.5 Å². The highest BCUT2D eigenvalue weighted by atomic mass is 35.5. The molecule has 121 heavy (non-hydrogen) atoms. The van der Waals surface area contributed by atoms with Crippen molar-refractivity contribution < 1.29 is 68.6 Å². The molecule has 6 amide bonds. The van der Waals surface area contributed by atoms with Gasteiger partial charge in [-0.3, -0.25) is 77.4 Å². The van der Waals surface area contributed by atoms with Crippen LogP contribution in [0.5, 0.6) is 23.0 Å². The molecule has 2 spiro atoms. The summed E-state index contributed by atoms with van der Waals surface area (Å²) in [6.45, 7) is 7.62. The van der Waals surface area contributed by atoms with Gasteiger partial charge in [0.05, 0.1) is 93.8 Å². The molecule has 640 valence electrons. The van der Waals surface area contributed by atoms with E-state index in [1.165, 1.54) is 47.3 Å². The molecule has 0 bridgehead atoms. The highest BCUT2D eigenvalue weighted by Gasteiger charge is 2.49. The number of carbonyl (C=O) groups excluding carboxylic acids is 6. The lowest BCUT2D eigenvalue weighted by Crippen LogP contribution is -2.50. The summed E-state index contributed by atoms with van der Waals surface area (Å²) in [5, 5.41) is 25.7. The van der Waals surface area contributed by atoms with Crippen molar-refractivity contribution in [2.75, 3.05) is 95.1 Å². The van der Waals surface area contributed by atoms with Crippen LogP contribution in [0.2, 0.25) is 5.02 Å². The monoisotopic (exact) mass is 1720 g/mol. The van der Waals surface area contributed by atoms with Crippen molar-refractivity contribution in [3.05, 3.63) is 134 Å².